The molecule has 1 saturated heterocycles. The van der Waals surface area contributed by atoms with Crippen LogP contribution in [0.3, 0.4) is 0 Å². The number of pyridine rings is 1. The molecule has 0 amide bonds. The van der Waals surface area contributed by atoms with Gasteiger partial charge in [0.05, 0.1) is 12.6 Å². The second kappa shape index (κ2) is 9.06. The number of hydrogen-bond donors (Lipinski definition) is 3. The van der Waals surface area contributed by atoms with Gasteiger partial charge in [0.25, 0.3) is 0 Å². The third kappa shape index (κ3) is 4.51. The fourth-order valence-electron chi connectivity index (χ4n) is 4.87. The highest BCUT2D eigenvalue weighted by atomic mass is 79.9. The first-order chi connectivity index (χ1) is 15.9. The number of ether oxygens (including phenoxy) is 1. The number of H-pyrrole nitrogens is 1. The summed E-state index contributed by atoms with van der Waals surface area (Å²) < 4.78 is 6.49. The lowest BCUT2D eigenvalue weighted by Gasteiger charge is -2.42. The van der Waals surface area contributed by atoms with E-state index in [2.05, 4.69) is 60.4 Å². The summed E-state index contributed by atoms with van der Waals surface area (Å²) in [5, 5.41) is 17.4. The molecule has 4 aromatic rings. The number of rotatable bonds is 6. The predicted octanol–water partition coefficient (Wildman–Crippen LogP) is 4.91. The average Bonchev–Trinajstić information content (AvgIpc) is 3.24. The molecule has 5 rings (SSSR count). The van der Waals surface area contributed by atoms with Crippen molar-refractivity contribution in [2.45, 2.75) is 38.1 Å². The summed E-state index contributed by atoms with van der Waals surface area (Å²) in [6, 6.07) is 16.6. The number of aliphatic hydroxyl groups is 1. The Hall–Kier alpha value is -2.45. The Bertz CT molecular complexity index is 1280. The van der Waals surface area contributed by atoms with Crippen LogP contribution in [-0.2, 0) is 12.3 Å². The summed E-state index contributed by atoms with van der Waals surface area (Å²) in [5.41, 5.74) is 2.98. The smallest absolute Gasteiger partial charge is 0.142 e. The van der Waals surface area contributed by atoms with E-state index in [0.717, 1.165) is 64.7 Å². The maximum absolute atomic E-state index is 11.6. The molecule has 3 heterocycles. The zero-order valence-electron chi connectivity index (χ0n) is 18.9. The van der Waals surface area contributed by atoms with Crippen molar-refractivity contribution in [3.8, 4) is 5.75 Å². The first kappa shape index (κ1) is 22.3. The highest BCUT2D eigenvalue weighted by Gasteiger charge is 2.35. The molecule has 1 atom stereocenters. The number of fused-ring (bicyclic) bond motifs is 2. The van der Waals surface area contributed by atoms with Crippen LogP contribution in [0, 0.1) is 0 Å². The van der Waals surface area contributed by atoms with Crippen LogP contribution >= 0.6 is 15.9 Å². The lowest BCUT2D eigenvalue weighted by atomic mass is 9.95. The first-order valence-corrected chi connectivity index (χ1v) is 12.1. The first-order valence-electron chi connectivity index (χ1n) is 11.4. The molecule has 0 aliphatic carbocycles. The number of likely N-dealkylation sites (tertiary alicyclic amines) is 1. The molecule has 0 spiro atoms. The maximum atomic E-state index is 11.6. The molecule has 0 bridgehead atoms. The van der Waals surface area contributed by atoms with E-state index >= 15 is 0 Å². The molecule has 2 aromatic carbocycles. The van der Waals surface area contributed by atoms with E-state index in [1.807, 2.05) is 31.2 Å². The second-order valence-corrected chi connectivity index (χ2v) is 9.85. The Balaban J connectivity index is 1.25. The van der Waals surface area contributed by atoms with Crippen LogP contribution in [0.15, 0.2) is 59.2 Å². The summed E-state index contributed by atoms with van der Waals surface area (Å²) in [6.45, 7) is 4.33. The molecule has 1 aliphatic heterocycles. The van der Waals surface area contributed by atoms with Crippen LogP contribution in [0.5, 0.6) is 5.75 Å². The highest BCUT2D eigenvalue weighted by molar-refractivity contribution is 9.10. The van der Waals surface area contributed by atoms with Gasteiger partial charge in [0.15, 0.2) is 0 Å². The minimum absolute atomic E-state index is 0.421. The number of hydrogen-bond acceptors (Lipinski definition) is 5. The lowest BCUT2D eigenvalue weighted by Crippen LogP contribution is -2.51. The number of nitrogens with one attached hydrogen (secondary N) is 2. The number of methoxy groups -OCH3 is 1. The van der Waals surface area contributed by atoms with Crippen molar-refractivity contribution >= 4 is 37.7 Å². The number of aromatic nitrogens is 2. The number of aromatic amines is 1. The molecule has 3 N–H and O–H groups in total. The fraction of sp³-hybridized carbons (Fsp3) is 0.346. The largest absolute Gasteiger partial charge is 0.497 e. The van der Waals surface area contributed by atoms with E-state index in [9.17, 15) is 5.11 Å². The third-order valence-corrected chi connectivity index (χ3v) is 7.28. The van der Waals surface area contributed by atoms with Crippen LogP contribution in [0.25, 0.3) is 21.8 Å². The van der Waals surface area contributed by atoms with Crippen LogP contribution in [-0.4, -0.2) is 46.2 Å². The van der Waals surface area contributed by atoms with Gasteiger partial charge < -0.3 is 20.1 Å². The molecule has 0 radical (unpaired) electrons. The van der Waals surface area contributed by atoms with Crippen molar-refractivity contribution in [2.24, 2.45) is 0 Å². The Kier molecular flexibility index (Phi) is 6.14. The van der Waals surface area contributed by atoms with Crippen molar-refractivity contribution in [1.82, 2.24) is 20.2 Å². The molecule has 172 valence electrons. The van der Waals surface area contributed by atoms with Crippen molar-refractivity contribution in [3.63, 3.8) is 0 Å². The molecule has 33 heavy (non-hydrogen) atoms. The zero-order valence-corrected chi connectivity index (χ0v) is 20.5. The van der Waals surface area contributed by atoms with E-state index in [-0.39, 0.29) is 0 Å². The van der Waals surface area contributed by atoms with Crippen molar-refractivity contribution in [3.05, 3.63) is 70.5 Å². The molecule has 2 aromatic heterocycles. The Labute approximate surface area is 202 Å². The van der Waals surface area contributed by atoms with Crippen LogP contribution in [0.1, 0.15) is 31.0 Å². The molecular weight excluding hydrogens is 480 g/mol. The third-order valence-electron chi connectivity index (χ3n) is 6.79. The monoisotopic (exact) mass is 508 g/mol. The molecule has 1 unspecified atom stereocenters. The van der Waals surface area contributed by atoms with Gasteiger partial charge in [-0.05, 0) is 68.3 Å². The van der Waals surface area contributed by atoms with Crippen LogP contribution in [0.2, 0.25) is 0 Å². The topological polar surface area (TPSA) is 73.4 Å². The van der Waals surface area contributed by atoms with Crippen molar-refractivity contribution < 1.29 is 9.84 Å². The van der Waals surface area contributed by atoms with E-state index in [1.54, 1.807) is 13.3 Å². The summed E-state index contributed by atoms with van der Waals surface area (Å²) >= 11 is 3.54. The standard InChI is InChI=1S/C26H29BrN4O2/c1-26(32,23-7-10-28-25-6-4-21(33-2)15-22(23)25)31-11-8-19(9-12-31)29-16-20-14-17-13-18(27)3-5-24(17)30-20/h3-7,10,13-15,19,29-30,32H,8-9,11-12,16H2,1-2H3. The number of halogens is 1. The van der Waals surface area contributed by atoms with Gasteiger partial charge in [0, 0.05) is 63.9 Å². The van der Waals surface area contributed by atoms with Gasteiger partial charge in [-0.3, -0.25) is 9.88 Å². The molecular formula is C26H29BrN4O2. The zero-order chi connectivity index (χ0) is 23.0. The van der Waals surface area contributed by atoms with Gasteiger partial charge in [0.1, 0.15) is 11.5 Å². The quantitative estimate of drug-likeness (QED) is 0.345. The number of piperidine rings is 1. The Morgan fingerprint density at radius 3 is 2.79 bits per heavy atom. The van der Waals surface area contributed by atoms with E-state index < -0.39 is 5.72 Å². The summed E-state index contributed by atoms with van der Waals surface area (Å²) in [6.07, 6.45) is 3.73. The fourth-order valence-corrected chi connectivity index (χ4v) is 5.25. The lowest BCUT2D eigenvalue weighted by molar-refractivity contribution is -0.110. The second-order valence-electron chi connectivity index (χ2n) is 8.93. The minimum Gasteiger partial charge on any atom is -0.497 e. The van der Waals surface area contributed by atoms with Gasteiger partial charge in [0.2, 0.25) is 0 Å². The predicted molar refractivity (Wildman–Crippen MR) is 135 cm³/mol. The van der Waals surface area contributed by atoms with Crippen molar-refractivity contribution in [1.29, 1.82) is 0 Å². The van der Waals surface area contributed by atoms with Crippen LogP contribution < -0.4 is 10.1 Å². The molecule has 1 fully saturated rings. The molecule has 1 aliphatic rings. The van der Waals surface area contributed by atoms with E-state index in [4.69, 9.17) is 4.74 Å². The Morgan fingerprint density at radius 1 is 1.18 bits per heavy atom. The highest BCUT2D eigenvalue weighted by Crippen LogP contribution is 2.34. The summed E-state index contributed by atoms with van der Waals surface area (Å²) in [7, 11) is 1.65. The van der Waals surface area contributed by atoms with Gasteiger partial charge in [-0.15, -0.1) is 0 Å². The van der Waals surface area contributed by atoms with Gasteiger partial charge in [-0.2, -0.15) is 0 Å². The molecule has 7 heteroatoms. The van der Waals surface area contributed by atoms with Crippen molar-refractivity contribution in [2.75, 3.05) is 20.2 Å². The number of benzene rings is 2. The number of nitrogens with zero attached hydrogens (tertiary/aromatic N) is 2. The van der Waals surface area contributed by atoms with Gasteiger partial charge in [-0.25, -0.2) is 0 Å². The average molecular weight is 509 g/mol. The molecule has 6 nitrogen and oxygen atoms in total. The minimum atomic E-state index is -1.08. The SMILES string of the molecule is COc1ccc2nccc(C(C)(O)N3CCC(NCc4cc5cc(Br)ccc5[nH]4)CC3)c2c1. The van der Waals surface area contributed by atoms with E-state index in [0.29, 0.717) is 6.04 Å². The van der Waals surface area contributed by atoms with Gasteiger partial charge in [-0.1, -0.05) is 15.9 Å². The summed E-state index contributed by atoms with van der Waals surface area (Å²) in [4.78, 5) is 10.1. The summed E-state index contributed by atoms with van der Waals surface area (Å²) in [5.74, 6) is 0.764. The molecule has 0 saturated carbocycles. The maximum Gasteiger partial charge on any atom is 0.142 e. The van der Waals surface area contributed by atoms with E-state index in [1.165, 1.54) is 11.1 Å². The Morgan fingerprint density at radius 2 is 2.00 bits per heavy atom. The normalized spacial score (nSPS) is 17.5. The van der Waals surface area contributed by atoms with Crippen LogP contribution in [0.4, 0.5) is 0 Å². The van der Waals surface area contributed by atoms with Gasteiger partial charge >= 0.3 is 0 Å².